The summed E-state index contributed by atoms with van der Waals surface area (Å²) in [7, 11) is 0. The smallest absolute Gasteiger partial charge is 0.130 e. The Morgan fingerprint density at radius 1 is 0.684 bits per heavy atom. The highest BCUT2D eigenvalue weighted by atomic mass is 16.5. The summed E-state index contributed by atoms with van der Waals surface area (Å²) < 4.78 is 12.5. The van der Waals surface area contributed by atoms with Crippen LogP contribution < -0.4 is 20.9 Å². The van der Waals surface area contributed by atoms with E-state index in [1.165, 1.54) is 24.0 Å². The minimum absolute atomic E-state index is 0.0369. The van der Waals surface area contributed by atoms with Crippen molar-refractivity contribution in [3.63, 3.8) is 0 Å². The van der Waals surface area contributed by atoms with Crippen LogP contribution in [0.2, 0.25) is 0 Å². The molecule has 0 amide bonds. The van der Waals surface area contributed by atoms with Crippen LogP contribution in [0.25, 0.3) is 0 Å². The Morgan fingerprint density at radius 2 is 1.32 bits per heavy atom. The Hall–Kier alpha value is -3.92. The van der Waals surface area contributed by atoms with Gasteiger partial charge >= 0.3 is 0 Å². The molecule has 4 aromatic rings. The minimum atomic E-state index is -0.0369. The van der Waals surface area contributed by atoms with Gasteiger partial charge in [0, 0.05) is 23.5 Å². The Kier molecular flexibility index (Phi) is 7.33. The zero-order valence-corrected chi connectivity index (χ0v) is 22.6. The molecule has 3 atom stereocenters. The first kappa shape index (κ1) is 25.7. The molecule has 0 radical (unpaired) electrons. The van der Waals surface area contributed by atoms with Crippen molar-refractivity contribution in [1.82, 2.24) is 0 Å². The third kappa shape index (κ3) is 5.65. The van der Waals surface area contributed by atoms with Gasteiger partial charge in [0.2, 0.25) is 0 Å². The van der Waals surface area contributed by atoms with Crippen molar-refractivity contribution >= 4 is 11.4 Å². The molecule has 0 heterocycles. The van der Waals surface area contributed by atoms with Crippen LogP contribution >= 0.6 is 0 Å². The molecule has 4 aromatic carbocycles. The Labute approximate surface area is 226 Å². The number of hydrogen-bond donors (Lipinski definition) is 2. The SMILES string of the molecule is CC1CCC(C(C)(C)c2ccc(Oc3cccc(N)c3)cc2)C(c2ccccc2Oc2cccc(N)c2)C1. The molecule has 1 saturated carbocycles. The fourth-order valence-corrected chi connectivity index (χ4v) is 6.05. The standard InChI is InChI=1S/C34H38N2O2/c1-23-14-19-32(31(20-23)30-12-4-5-13-33(30)38-29-11-7-9-26(36)22-29)34(2,3)24-15-17-27(18-16-24)37-28-10-6-8-25(35)21-28/h4-13,15-18,21-23,31-32H,14,19-20,35-36H2,1-3H3. The van der Waals surface area contributed by atoms with E-state index in [-0.39, 0.29) is 5.41 Å². The first-order valence-electron chi connectivity index (χ1n) is 13.6. The number of para-hydroxylation sites is 1. The summed E-state index contributed by atoms with van der Waals surface area (Å²) in [5.74, 6) is 4.76. The topological polar surface area (TPSA) is 70.5 Å². The summed E-state index contributed by atoms with van der Waals surface area (Å²) in [4.78, 5) is 0. The second-order valence-electron chi connectivity index (χ2n) is 11.3. The molecule has 5 rings (SSSR count). The van der Waals surface area contributed by atoms with Crippen molar-refractivity contribution in [2.45, 2.75) is 51.4 Å². The summed E-state index contributed by atoms with van der Waals surface area (Å²) in [6.45, 7) is 7.14. The van der Waals surface area contributed by atoms with E-state index < -0.39 is 0 Å². The van der Waals surface area contributed by atoms with Gasteiger partial charge in [-0.2, -0.15) is 0 Å². The van der Waals surface area contributed by atoms with Gasteiger partial charge in [0.25, 0.3) is 0 Å². The highest BCUT2D eigenvalue weighted by Gasteiger charge is 2.41. The number of hydrogen-bond acceptors (Lipinski definition) is 4. The normalized spacial score (nSPS) is 19.6. The van der Waals surface area contributed by atoms with Crippen LogP contribution in [0.5, 0.6) is 23.0 Å². The van der Waals surface area contributed by atoms with E-state index in [2.05, 4.69) is 69.3 Å². The molecule has 1 aliphatic rings. The molecule has 0 aliphatic heterocycles. The number of ether oxygens (including phenoxy) is 2. The van der Waals surface area contributed by atoms with Gasteiger partial charge < -0.3 is 20.9 Å². The fraction of sp³-hybridized carbons (Fsp3) is 0.294. The summed E-state index contributed by atoms with van der Waals surface area (Å²) >= 11 is 0. The molecule has 0 spiro atoms. The van der Waals surface area contributed by atoms with Crippen LogP contribution in [-0.2, 0) is 5.41 Å². The lowest BCUT2D eigenvalue weighted by Gasteiger charge is -2.45. The van der Waals surface area contributed by atoms with Gasteiger partial charge in [-0.1, -0.05) is 69.7 Å². The monoisotopic (exact) mass is 506 g/mol. The Morgan fingerprint density at radius 3 is 1.97 bits per heavy atom. The molecule has 4 N–H and O–H groups in total. The van der Waals surface area contributed by atoms with Gasteiger partial charge in [0.05, 0.1) is 0 Å². The molecule has 1 fully saturated rings. The van der Waals surface area contributed by atoms with Crippen molar-refractivity contribution in [3.05, 3.63) is 108 Å². The van der Waals surface area contributed by atoms with E-state index in [1.54, 1.807) is 0 Å². The van der Waals surface area contributed by atoms with Crippen LogP contribution in [0.1, 0.15) is 57.1 Å². The highest BCUT2D eigenvalue weighted by molar-refractivity contribution is 5.48. The molecule has 4 heteroatoms. The van der Waals surface area contributed by atoms with Gasteiger partial charge in [0.1, 0.15) is 23.0 Å². The molecule has 38 heavy (non-hydrogen) atoms. The number of benzene rings is 4. The average Bonchev–Trinajstić information content (AvgIpc) is 2.89. The third-order valence-electron chi connectivity index (χ3n) is 8.14. The average molecular weight is 507 g/mol. The molecule has 0 bridgehead atoms. The lowest BCUT2D eigenvalue weighted by molar-refractivity contribution is 0.167. The van der Waals surface area contributed by atoms with Crippen molar-refractivity contribution < 1.29 is 9.47 Å². The molecule has 3 unspecified atom stereocenters. The lowest BCUT2D eigenvalue weighted by atomic mass is 9.59. The fourth-order valence-electron chi connectivity index (χ4n) is 6.05. The highest BCUT2D eigenvalue weighted by Crippen LogP contribution is 2.52. The number of nitrogen functional groups attached to an aromatic ring is 2. The van der Waals surface area contributed by atoms with E-state index in [4.69, 9.17) is 20.9 Å². The lowest BCUT2D eigenvalue weighted by Crippen LogP contribution is -2.37. The van der Waals surface area contributed by atoms with Crippen molar-refractivity contribution in [3.8, 4) is 23.0 Å². The third-order valence-corrected chi connectivity index (χ3v) is 8.14. The zero-order valence-electron chi connectivity index (χ0n) is 22.6. The molecule has 4 nitrogen and oxygen atoms in total. The van der Waals surface area contributed by atoms with E-state index in [0.29, 0.717) is 29.1 Å². The maximum Gasteiger partial charge on any atom is 0.130 e. The molecular weight excluding hydrogens is 468 g/mol. The van der Waals surface area contributed by atoms with Crippen LogP contribution in [0.4, 0.5) is 11.4 Å². The molecule has 0 saturated heterocycles. The van der Waals surface area contributed by atoms with Gasteiger partial charge in [-0.15, -0.1) is 0 Å². The summed E-state index contributed by atoms with van der Waals surface area (Å²) in [5, 5.41) is 0. The van der Waals surface area contributed by atoms with E-state index >= 15 is 0 Å². The van der Waals surface area contributed by atoms with Crippen LogP contribution in [-0.4, -0.2) is 0 Å². The summed E-state index contributed by atoms with van der Waals surface area (Å²) in [6.07, 6.45) is 3.55. The minimum Gasteiger partial charge on any atom is -0.457 e. The van der Waals surface area contributed by atoms with Gasteiger partial charge in [-0.05, 0) is 89.6 Å². The van der Waals surface area contributed by atoms with E-state index in [0.717, 1.165) is 29.4 Å². The maximum atomic E-state index is 6.42. The van der Waals surface area contributed by atoms with Crippen molar-refractivity contribution in [2.24, 2.45) is 11.8 Å². The summed E-state index contributed by atoms with van der Waals surface area (Å²) in [5.41, 5.74) is 15.9. The number of nitrogens with two attached hydrogens (primary N) is 2. The second kappa shape index (κ2) is 10.8. The molecule has 0 aromatic heterocycles. The maximum absolute atomic E-state index is 6.42. The molecular formula is C34H38N2O2. The van der Waals surface area contributed by atoms with Gasteiger partial charge in [-0.25, -0.2) is 0 Å². The van der Waals surface area contributed by atoms with Crippen molar-refractivity contribution in [2.75, 3.05) is 11.5 Å². The second-order valence-corrected chi connectivity index (χ2v) is 11.3. The van der Waals surface area contributed by atoms with E-state index in [1.807, 2.05) is 48.5 Å². The number of anilines is 2. The van der Waals surface area contributed by atoms with Crippen LogP contribution in [0.15, 0.2) is 97.1 Å². The first-order chi connectivity index (χ1) is 18.3. The quantitative estimate of drug-likeness (QED) is 0.245. The van der Waals surface area contributed by atoms with Crippen molar-refractivity contribution in [1.29, 1.82) is 0 Å². The van der Waals surface area contributed by atoms with Gasteiger partial charge in [-0.3, -0.25) is 0 Å². The molecule has 1 aliphatic carbocycles. The first-order valence-corrected chi connectivity index (χ1v) is 13.6. The van der Waals surface area contributed by atoms with Crippen LogP contribution in [0.3, 0.4) is 0 Å². The summed E-state index contributed by atoms with van der Waals surface area (Å²) in [6, 6.07) is 32.3. The number of rotatable bonds is 7. The predicted octanol–water partition coefficient (Wildman–Crippen LogP) is 8.93. The molecule has 196 valence electrons. The van der Waals surface area contributed by atoms with E-state index in [9.17, 15) is 0 Å². The van der Waals surface area contributed by atoms with Gasteiger partial charge in [0.15, 0.2) is 0 Å². The largest absolute Gasteiger partial charge is 0.457 e. The Balaban J connectivity index is 1.42. The predicted molar refractivity (Wildman–Crippen MR) is 157 cm³/mol. The zero-order chi connectivity index (χ0) is 26.7. The Bertz CT molecular complexity index is 1380. The van der Waals surface area contributed by atoms with Crippen LogP contribution in [0, 0.1) is 11.8 Å².